The Bertz CT molecular complexity index is 894. The lowest BCUT2D eigenvalue weighted by molar-refractivity contribution is -0.122. The number of rotatable bonds is 6. The van der Waals surface area contributed by atoms with Crippen LogP contribution in [0.5, 0.6) is 5.75 Å². The van der Waals surface area contributed by atoms with Gasteiger partial charge >= 0.3 is 0 Å². The summed E-state index contributed by atoms with van der Waals surface area (Å²) >= 11 is 0. The molecule has 0 saturated heterocycles. The molecule has 1 aliphatic carbocycles. The van der Waals surface area contributed by atoms with Gasteiger partial charge in [0.1, 0.15) is 17.6 Å². The van der Waals surface area contributed by atoms with Gasteiger partial charge in [-0.1, -0.05) is 45.2 Å². The van der Waals surface area contributed by atoms with Crippen LogP contribution in [0, 0.1) is 23.1 Å². The molecule has 4 nitrogen and oxygen atoms in total. The van der Waals surface area contributed by atoms with Crippen LogP contribution in [-0.2, 0) is 10.2 Å². The van der Waals surface area contributed by atoms with E-state index in [0.717, 1.165) is 37.7 Å². The van der Waals surface area contributed by atoms with Crippen LogP contribution in [0.2, 0.25) is 0 Å². The largest absolute Gasteiger partial charge is 0.492 e. The number of nitriles is 1. The fraction of sp³-hybridized carbons (Fsp3) is 0.417. The topological polar surface area (TPSA) is 62.1 Å². The number of hydrogen-bond acceptors (Lipinski definition) is 3. The van der Waals surface area contributed by atoms with E-state index in [0.29, 0.717) is 29.5 Å². The van der Waals surface area contributed by atoms with Crippen molar-refractivity contribution in [2.45, 2.75) is 51.4 Å². The molecule has 2 aromatic rings. The summed E-state index contributed by atoms with van der Waals surface area (Å²) in [7, 11) is 0. The van der Waals surface area contributed by atoms with E-state index in [2.05, 4.69) is 11.4 Å². The second-order valence-corrected chi connectivity index (χ2v) is 8.13. The van der Waals surface area contributed by atoms with Crippen LogP contribution in [-0.4, -0.2) is 12.5 Å². The first-order valence-electron chi connectivity index (χ1n) is 10.2. The molecule has 0 heterocycles. The van der Waals surface area contributed by atoms with Crippen molar-refractivity contribution in [3.8, 4) is 11.8 Å². The highest BCUT2D eigenvalue weighted by atomic mass is 19.1. The Kier molecular flexibility index (Phi) is 6.53. The van der Waals surface area contributed by atoms with Crippen molar-refractivity contribution >= 4 is 11.6 Å². The minimum absolute atomic E-state index is 0.108. The van der Waals surface area contributed by atoms with E-state index < -0.39 is 5.41 Å². The first kappa shape index (κ1) is 20.9. The Morgan fingerprint density at radius 1 is 1.17 bits per heavy atom. The number of anilines is 1. The molecule has 29 heavy (non-hydrogen) atoms. The molecular weight excluding hydrogens is 367 g/mol. The Balaban J connectivity index is 1.84. The lowest BCUT2D eigenvalue weighted by atomic mass is 9.68. The second kappa shape index (κ2) is 9.09. The lowest BCUT2D eigenvalue weighted by Gasteiger charge is -2.36. The van der Waals surface area contributed by atoms with Gasteiger partial charge in [0.2, 0.25) is 5.91 Å². The molecule has 1 aliphatic rings. The average Bonchev–Trinajstić information content (AvgIpc) is 2.73. The van der Waals surface area contributed by atoms with E-state index in [4.69, 9.17) is 4.74 Å². The first-order chi connectivity index (χ1) is 13.9. The Hall–Kier alpha value is -2.87. The van der Waals surface area contributed by atoms with Crippen LogP contribution in [0.15, 0.2) is 42.5 Å². The molecule has 0 spiro atoms. The summed E-state index contributed by atoms with van der Waals surface area (Å²) in [6.07, 6.45) is 4.46. The van der Waals surface area contributed by atoms with Gasteiger partial charge in [-0.25, -0.2) is 4.39 Å². The smallest absolute Gasteiger partial charge is 0.235 e. The molecule has 3 rings (SSSR count). The van der Waals surface area contributed by atoms with Crippen LogP contribution < -0.4 is 10.1 Å². The van der Waals surface area contributed by atoms with E-state index in [9.17, 15) is 14.4 Å². The number of benzene rings is 2. The number of halogens is 1. The number of amides is 1. The van der Waals surface area contributed by atoms with Crippen molar-refractivity contribution in [3.63, 3.8) is 0 Å². The summed E-state index contributed by atoms with van der Waals surface area (Å²) in [5, 5.41) is 12.5. The van der Waals surface area contributed by atoms with E-state index >= 15 is 0 Å². The summed E-state index contributed by atoms with van der Waals surface area (Å²) in [4.78, 5) is 13.4. The van der Waals surface area contributed by atoms with Crippen molar-refractivity contribution in [1.82, 2.24) is 0 Å². The number of nitrogens with zero attached hydrogens (tertiary/aromatic N) is 1. The van der Waals surface area contributed by atoms with Crippen molar-refractivity contribution in [2.24, 2.45) is 5.92 Å². The highest BCUT2D eigenvalue weighted by Gasteiger charge is 2.41. The number of carbonyl (C=O) groups excluding carboxylic acids is 1. The monoisotopic (exact) mass is 394 g/mol. The maximum atomic E-state index is 13.4. The fourth-order valence-corrected chi connectivity index (χ4v) is 3.90. The van der Waals surface area contributed by atoms with Gasteiger partial charge in [-0.2, -0.15) is 5.26 Å². The van der Waals surface area contributed by atoms with Gasteiger partial charge in [0, 0.05) is 5.69 Å². The Labute approximate surface area is 171 Å². The van der Waals surface area contributed by atoms with Crippen LogP contribution in [0.1, 0.15) is 57.1 Å². The average molecular weight is 394 g/mol. The molecule has 2 aromatic carbocycles. The zero-order chi connectivity index (χ0) is 20.9. The molecule has 1 fully saturated rings. The third kappa shape index (κ3) is 4.76. The number of hydrogen-bond donors (Lipinski definition) is 1. The van der Waals surface area contributed by atoms with Crippen molar-refractivity contribution in [1.29, 1.82) is 5.26 Å². The fourth-order valence-electron chi connectivity index (χ4n) is 3.90. The second-order valence-electron chi connectivity index (χ2n) is 8.13. The normalized spacial score (nSPS) is 15.6. The van der Waals surface area contributed by atoms with Gasteiger partial charge in [0.25, 0.3) is 0 Å². The number of ether oxygens (including phenoxy) is 1. The van der Waals surface area contributed by atoms with E-state index in [1.54, 1.807) is 30.3 Å². The van der Waals surface area contributed by atoms with Gasteiger partial charge in [0.15, 0.2) is 0 Å². The SMILES string of the molecule is CC(C)COc1ccc(NC(=O)C2(c3ccc(F)cc3)CCCCC2)cc1C#N. The summed E-state index contributed by atoms with van der Waals surface area (Å²) in [5.74, 6) is 0.451. The molecular formula is C24H27FN2O2. The zero-order valence-corrected chi connectivity index (χ0v) is 17.0. The van der Waals surface area contributed by atoms with Gasteiger partial charge in [-0.15, -0.1) is 0 Å². The van der Waals surface area contributed by atoms with E-state index in [1.165, 1.54) is 12.1 Å². The molecule has 0 unspecified atom stereocenters. The Morgan fingerprint density at radius 3 is 2.48 bits per heavy atom. The number of carbonyl (C=O) groups is 1. The molecule has 152 valence electrons. The van der Waals surface area contributed by atoms with Gasteiger partial charge in [-0.05, 0) is 54.7 Å². The first-order valence-corrected chi connectivity index (χ1v) is 10.2. The number of nitrogens with one attached hydrogen (secondary N) is 1. The molecule has 1 amide bonds. The molecule has 1 N–H and O–H groups in total. The minimum atomic E-state index is -0.675. The van der Waals surface area contributed by atoms with Gasteiger partial charge in [-0.3, -0.25) is 4.79 Å². The molecule has 0 bridgehead atoms. The summed E-state index contributed by atoms with van der Waals surface area (Å²) in [6, 6.07) is 13.5. The van der Waals surface area contributed by atoms with Crippen LogP contribution in [0.25, 0.3) is 0 Å². The van der Waals surface area contributed by atoms with Crippen molar-refractivity contribution in [2.75, 3.05) is 11.9 Å². The Morgan fingerprint density at radius 2 is 1.86 bits per heavy atom. The van der Waals surface area contributed by atoms with Crippen LogP contribution in [0.4, 0.5) is 10.1 Å². The zero-order valence-electron chi connectivity index (χ0n) is 17.0. The van der Waals surface area contributed by atoms with E-state index in [1.807, 2.05) is 13.8 Å². The molecule has 0 aliphatic heterocycles. The highest BCUT2D eigenvalue weighted by molar-refractivity contribution is 5.99. The summed E-state index contributed by atoms with van der Waals surface area (Å²) in [5.41, 5.74) is 1.12. The van der Waals surface area contributed by atoms with Crippen LogP contribution in [0.3, 0.4) is 0 Å². The summed E-state index contributed by atoms with van der Waals surface area (Å²) < 4.78 is 19.1. The predicted octanol–water partition coefficient (Wildman–Crippen LogP) is 5.57. The summed E-state index contributed by atoms with van der Waals surface area (Å²) in [6.45, 7) is 4.60. The molecule has 5 heteroatoms. The quantitative estimate of drug-likeness (QED) is 0.696. The third-order valence-electron chi connectivity index (χ3n) is 5.47. The van der Waals surface area contributed by atoms with Gasteiger partial charge < -0.3 is 10.1 Å². The molecule has 0 radical (unpaired) electrons. The highest BCUT2D eigenvalue weighted by Crippen LogP contribution is 2.40. The van der Waals surface area contributed by atoms with Crippen LogP contribution >= 0.6 is 0 Å². The van der Waals surface area contributed by atoms with E-state index in [-0.39, 0.29) is 11.7 Å². The maximum Gasteiger partial charge on any atom is 0.235 e. The standard InChI is InChI=1S/C24H27FN2O2/c1-17(2)16-29-22-11-10-21(14-18(22)15-26)27-23(28)24(12-4-3-5-13-24)19-6-8-20(25)9-7-19/h6-11,14,17H,3-5,12-13,16H2,1-2H3,(H,27,28). The van der Waals surface area contributed by atoms with Crippen molar-refractivity contribution in [3.05, 3.63) is 59.4 Å². The van der Waals surface area contributed by atoms with Gasteiger partial charge in [0.05, 0.1) is 17.6 Å². The molecule has 0 atom stereocenters. The predicted molar refractivity (Wildman–Crippen MR) is 111 cm³/mol. The minimum Gasteiger partial charge on any atom is -0.492 e. The molecule has 1 saturated carbocycles. The molecule has 0 aromatic heterocycles. The maximum absolute atomic E-state index is 13.4. The van der Waals surface area contributed by atoms with Crippen molar-refractivity contribution < 1.29 is 13.9 Å². The third-order valence-corrected chi connectivity index (χ3v) is 5.47. The lowest BCUT2D eigenvalue weighted by Crippen LogP contribution is -2.42.